The van der Waals surface area contributed by atoms with Crippen LogP contribution in [-0.2, 0) is 4.79 Å². The van der Waals surface area contributed by atoms with Crippen molar-refractivity contribution in [2.24, 2.45) is 5.10 Å². The van der Waals surface area contributed by atoms with Gasteiger partial charge < -0.3 is 5.32 Å². The first-order valence-electron chi connectivity index (χ1n) is 8.83. The lowest BCUT2D eigenvalue weighted by atomic mass is 10.0. The number of anilines is 1. The third kappa shape index (κ3) is 5.84. The Morgan fingerprint density at radius 2 is 1.69 bits per heavy atom. The normalized spacial score (nSPS) is 10.9. The van der Waals surface area contributed by atoms with Crippen LogP contribution < -0.4 is 10.7 Å². The molecule has 0 aliphatic heterocycles. The molecule has 5 heteroatoms. The van der Waals surface area contributed by atoms with E-state index in [1.165, 1.54) is 5.56 Å². The first-order chi connectivity index (χ1) is 12.5. The van der Waals surface area contributed by atoms with Gasteiger partial charge in [0, 0.05) is 17.7 Å². The smallest absolute Gasteiger partial charge is 0.271 e. The molecule has 2 amide bonds. The van der Waals surface area contributed by atoms with Gasteiger partial charge in [0.05, 0.1) is 6.21 Å². The molecule has 0 unspecified atom stereocenters. The third-order valence-electron chi connectivity index (χ3n) is 3.89. The fourth-order valence-corrected chi connectivity index (χ4v) is 2.35. The Labute approximate surface area is 154 Å². The molecule has 0 atom stereocenters. The molecule has 0 bridgehead atoms. The molecule has 5 nitrogen and oxygen atoms in total. The van der Waals surface area contributed by atoms with Crippen LogP contribution in [-0.4, -0.2) is 18.0 Å². The van der Waals surface area contributed by atoms with Gasteiger partial charge in [0.15, 0.2) is 0 Å². The number of hydrogen-bond donors (Lipinski definition) is 2. The second-order valence-corrected chi connectivity index (χ2v) is 6.40. The van der Waals surface area contributed by atoms with Gasteiger partial charge in [0.2, 0.25) is 5.91 Å². The topological polar surface area (TPSA) is 70.6 Å². The van der Waals surface area contributed by atoms with Crippen molar-refractivity contribution in [1.29, 1.82) is 0 Å². The zero-order valence-electron chi connectivity index (χ0n) is 15.5. The summed E-state index contributed by atoms with van der Waals surface area (Å²) in [6.07, 6.45) is 2.89. The largest absolute Gasteiger partial charge is 0.326 e. The van der Waals surface area contributed by atoms with E-state index < -0.39 is 0 Å². The molecule has 0 aromatic heterocycles. The maximum Gasteiger partial charge on any atom is 0.271 e. The van der Waals surface area contributed by atoms with Crippen molar-refractivity contribution in [2.75, 3.05) is 5.32 Å². The second-order valence-electron chi connectivity index (χ2n) is 6.40. The molecule has 0 saturated heterocycles. The molecule has 2 aromatic rings. The van der Waals surface area contributed by atoms with Gasteiger partial charge >= 0.3 is 0 Å². The van der Waals surface area contributed by atoms with E-state index in [2.05, 4.69) is 41.8 Å². The number of rotatable bonds is 7. The van der Waals surface area contributed by atoms with Crippen LogP contribution in [0.1, 0.15) is 61.0 Å². The maximum atomic E-state index is 12.1. The number of carbonyl (C=O) groups excluding carboxylic acids is 2. The highest BCUT2D eigenvalue weighted by Gasteiger charge is 2.05. The van der Waals surface area contributed by atoms with Crippen LogP contribution in [0.2, 0.25) is 0 Å². The monoisotopic (exact) mass is 351 g/mol. The predicted molar refractivity (Wildman–Crippen MR) is 106 cm³/mol. The van der Waals surface area contributed by atoms with Crippen LogP contribution in [0.15, 0.2) is 53.6 Å². The molecule has 0 heterocycles. The summed E-state index contributed by atoms with van der Waals surface area (Å²) in [5, 5.41) is 6.78. The van der Waals surface area contributed by atoms with E-state index in [0.717, 1.165) is 12.0 Å². The summed E-state index contributed by atoms with van der Waals surface area (Å²) >= 11 is 0. The number of hydrogen-bond acceptors (Lipinski definition) is 3. The second kappa shape index (κ2) is 9.51. The van der Waals surface area contributed by atoms with E-state index in [4.69, 9.17) is 0 Å². The summed E-state index contributed by atoms with van der Waals surface area (Å²) < 4.78 is 0. The van der Waals surface area contributed by atoms with Gasteiger partial charge in [-0.1, -0.05) is 45.0 Å². The lowest BCUT2D eigenvalue weighted by molar-refractivity contribution is -0.116. The van der Waals surface area contributed by atoms with E-state index >= 15 is 0 Å². The standard InChI is InChI=1S/C21H25N3O2/c1-4-5-20(25)23-19-12-10-18(11-13-19)21(26)24-22-14-16-6-8-17(9-7-16)15(2)3/h6-15H,4-5H2,1-3H3,(H,23,25)(H,24,26). The summed E-state index contributed by atoms with van der Waals surface area (Å²) in [5.74, 6) is 0.152. The lowest BCUT2D eigenvalue weighted by Gasteiger charge is -2.06. The van der Waals surface area contributed by atoms with E-state index in [0.29, 0.717) is 23.6 Å². The molecule has 0 radical (unpaired) electrons. The van der Waals surface area contributed by atoms with Crippen LogP contribution >= 0.6 is 0 Å². The molecular formula is C21H25N3O2. The number of nitrogens with one attached hydrogen (secondary N) is 2. The Kier molecular flexibility index (Phi) is 7.09. The molecule has 2 N–H and O–H groups in total. The summed E-state index contributed by atoms with van der Waals surface area (Å²) in [6, 6.07) is 14.8. The summed E-state index contributed by atoms with van der Waals surface area (Å²) in [7, 11) is 0. The van der Waals surface area contributed by atoms with Crippen LogP contribution in [0.5, 0.6) is 0 Å². The molecule has 2 rings (SSSR count). The minimum atomic E-state index is -0.300. The fraction of sp³-hybridized carbons (Fsp3) is 0.286. The number of nitrogens with zero attached hydrogens (tertiary/aromatic N) is 1. The van der Waals surface area contributed by atoms with Crippen LogP contribution in [0.3, 0.4) is 0 Å². The molecule has 0 spiro atoms. The molecule has 2 aromatic carbocycles. The van der Waals surface area contributed by atoms with Crippen molar-refractivity contribution in [1.82, 2.24) is 5.43 Å². The zero-order chi connectivity index (χ0) is 18.9. The van der Waals surface area contributed by atoms with E-state index in [1.54, 1.807) is 30.5 Å². The van der Waals surface area contributed by atoms with Crippen LogP contribution in [0, 0.1) is 0 Å². The third-order valence-corrected chi connectivity index (χ3v) is 3.89. The average molecular weight is 351 g/mol. The van der Waals surface area contributed by atoms with E-state index in [-0.39, 0.29) is 11.8 Å². The Hall–Kier alpha value is -2.95. The molecule has 136 valence electrons. The number of hydrazone groups is 1. The average Bonchev–Trinajstić information content (AvgIpc) is 2.63. The van der Waals surface area contributed by atoms with Gasteiger partial charge in [-0.2, -0.15) is 5.10 Å². The number of amides is 2. The highest BCUT2D eigenvalue weighted by Crippen LogP contribution is 2.14. The van der Waals surface area contributed by atoms with Crippen molar-refractivity contribution >= 4 is 23.7 Å². The summed E-state index contributed by atoms with van der Waals surface area (Å²) in [6.45, 7) is 6.24. The predicted octanol–water partition coefficient (Wildman–Crippen LogP) is 4.31. The van der Waals surface area contributed by atoms with Gasteiger partial charge in [-0.25, -0.2) is 5.43 Å². The Balaban J connectivity index is 1.90. The van der Waals surface area contributed by atoms with Crippen LogP contribution in [0.25, 0.3) is 0 Å². The van der Waals surface area contributed by atoms with Crippen molar-refractivity contribution in [2.45, 2.75) is 39.5 Å². The lowest BCUT2D eigenvalue weighted by Crippen LogP contribution is -2.17. The summed E-state index contributed by atoms with van der Waals surface area (Å²) in [5.41, 5.74) is 5.84. The molecule has 0 aliphatic rings. The molecule has 0 aliphatic carbocycles. The summed E-state index contributed by atoms with van der Waals surface area (Å²) in [4.78, 5) is 23.7. The Morgan fingerprint density at radius 3 is 2.27 bits per heavy atom. The Bertz CT molecular complexity index is 763. The maximum absolute atomic E-state index is 12.1. The van der Waals surface area contributed by atoms with Crippen molar-refractivity contribution in [3.8, 4) is 0 Å². The van der Waals surface area contributed by atoms with Gasteiger partial charge in [-0.15, -0.1) is 0 Å². The molecule has 0 saturated carbocycles. The number of carbonyl (C=O) groups is 2. The SMILES string of the molecule is CCCC(=O)Nc1ccc(C(=O)NN=Cc2ccc(C(C)C)cc2)cc1. The van der Waals surface area contributed by atoms with Crippen LogP contribution in [0.4, 0.5) is 5.69 Å². The number of benzene rings is 2. The van der Waals surface area contributed by atoms with Gasteiger partial charge in [-0.3, -0.25) is 9.59 Å². The first kappa shape index (κ1) is 19.4. The highest BCUT2D eigenvalue weighted by atomic mass is 16.2. The van der Waals surface area contributed by atoms with Gasteiger partial charge in [0.25, 0.3) is 5.91 Å². The fourth-order valence-electron chi connectivity index (χ4n) is 2.35. The molecule has 0 fully saturated rings. The minimum absolute atomic E-state index is 0.0298. The van der Waals surface area contributed by atoms with Gasteiger partial charge in [0.1, 0.15) is 0 Å². The molecule has 26 heavy (non-hydrogen) atoms. The zero-order valence-corrected chi connectivity index (χ0v) is 15.5. The van der Waals surface area contributed by atoms with E-state index in [9.17, 15) is 9.59 Å². The van der Waals surface area contributed by atoms with Gasteiger partial charge in [-0.05, 0) is 47.7 Å². The quantitative estimate of drug-likeness (QED) is 0.576. The van der Waals surface area contributed by atoms with Crippen molar-refractivity contribution in [3.05, 3.63) is 65.2 Å². The molecular weight excluding hydrogens is 326 g/mol. The van der Waals surface area contributed by atoms with Crippen molar-refractivity contribution in [3.63, 3.8) is 0 Å². The Morgan fingerprint density at radius 1 is 1.04 bits per heavy atom. The first-order valence-corrected chi connectivity index (χ1v) is 8.83. The van der Waals surface area contributed by atoms with Crippen molar-refractivity contribution < 1.29 is 9.59 Å². The van der Waals surface area contributed by atoms with E-state index in [1.807, 2.05) is 19.1 Å². The minimum Gasteiger partial charge on any atom is -0.326 e. The highest BCUT2D eigenvalue weighted by molar-refractivity contribution is 5.96.